The van der Waals surface area contributed by atoms with Crippen molar-refractivity contribution in [2.24, 2.45) is 0 Å². The fourth-order valence-corrected chi connectivity index (χ4v) is 2.08. The Balaban J connectivity index is 2.92. The van der Waals surface area contributed by atoms with Crippen LogP contribution >= 0.6 is 15.9 Å². The lowest BCUT2D eigenvalue weighted by molar-refractivity contribution is 0.385. The molecule has 0 saturated carbocycles. The van der Waals surface area contributed by atoms with E-state index in [0.29, 0.717) is 9.86 Å². The van der Waals surface area contributed by atoms with E-state index in [9.17, 15) is 8.78 Å². The van der Waals surface area contributed by atoms with Gasteiger partial charge in [-0.15, -0.1) is 0 Å². The molecule has 0 atom stereocenters. The van der Waals surface area contributed by atoms with Crippen molar-refractivity contribution in [1.29, 1.82) is 0 Å². The molecule has 0 bridgehead atoms. The predicted molar refractivity (Wildman–Crippen MR) is 58.1 cm³/mol. The molecular weight excluding hydrogens is 266 g/mol. The van der Waals surface area contributed by atoms with Crippen molar-refractivity contribution in [1.82, 2.24) is 0 Å². The van der Waals surface area contributed by atoms with Crippen molar-refractivity contribution >= 4 is 26.7 Å². The van der Waals surface area contributed by atoms with Crippen LogP contribution in [0.15, 0.2) is 28.7 Å². The summed E-state index contributed by atoms with van der Waals surface area (Å²) in [7, 11) is 1.34. The van der Waals surface area contributed by atoms with Crippen molar-refractivity contribution in [3.63, 3.8) is 0 Å². The molecule has 0 amide bonds. The van der Waals surface area contributed by atoms with E-state index < -0.39 is 11.6 Å². The SMILES string of the molecule is COc1c(Br)cc2cccc(F)c2c1F. The maximum Gasteiger partial charge on any atom is 0.176 e. The largest absolute Gasteiger partial charge is 0.492 e. The molecule has 1 nitrogen and oxygen atoms in total. The van der Waals surface area contributed by atoms with E-state index in [1.807, 2.05) is 0 Å². The molecule has 0 radical (unpaired) electrons. The molecule has 2 aromatic carbocycles. The molecule has 0 spiro atoms. The summed E-state index contributed by atoms with van der Waals surface area (Å²) in [6, 6.07) is 6.03. The molecule has 2 aromatic rings. The second kappa shape index (κ2) is 3.77. The standard InChI is InChI=1S/C11H7BrF2O/c1-15-11-7(12)5-6-3-2-4-8(13)9(6)10(11)14/h2-5H,1H3. The Kier molecular flexibility index (Phi) is 2.61. The Labute approximate surface area is 93.8 Å². The normalized spacial score (nSPS) is 10.7. The summed E-state index contributed by atoms with van der Waals surface area (Å²) in [6.07, 6.45) is 0. The number of hydrogen-bond acceptors (Lipinski definition) is 1. The molecule has 4 heteroatoms. The molecule has 15 heavy (non-hydrogen) atoms. The van der Waals surface area contributed by atoms with Gasteiger partial charge in [-0.2, -0.15) is 0 Å². The number of halogens is 3. The van der Waals surface area contributed by atoms with Crippen LogP contribution in [0.25, 0.3) is 10.8 Å². The van der Waals surface area contributed by atoms with Crippen LogP contribution in [0.1, 0.15) is 0 Å². The minimum atomic E-state index is -0.681. The van der Waals surface area contributed by atoms with Crippen LogP contribution in [0.2, 0.25) is 0 Å². The van der Waals surface area contributed by atoms with Crippen LogP contribution in [0.5, 0.6) is 5.75 Å². The molecule has 0 aliphatic carbocycles. The third kappa shape index (κ3) is 1.59. The predicted octanol–water partition coefficient (Wildman–Crippen LogP) is 3.89. The lowest BCUT2D eigenvalue weighted by atomic mass is 10.1. The van der Waals surface area contributed by atoms with Gasteiger partial charge in [0.05, 0.1) is 17.0 Å². The summed E-state index contributed by atoms with van der Waals surface area (Å²) in [5.74, 6) is -1.25. The minimum absolute atomic E-state index is 0.0209. The Morgan fingerprint density at radius 3 is 2.67 bits per heavy atom. The zero-order valence-electron chi connectivity index (χ0n) is 7.85. The van der Waals surface area contributed by atoms with E-state index in [-0.39, 0.29) is 11.1 Å². The highest BCUT2D eigenvalue weighted by Crippen LogP contribution is 2.35. The van der Waals surface area contributed by atoms with Crippen molar-refractivity contribution in [2.75, 3.05) is 7.11 Å². The lowest BCUT2D eigenvalue weighted by Crippen LogP contribution is -1.93. The first-order valence-electron chi connectivity index (χ1n) is 4.25. The zero-order chi connectivity index (χ0) is 11.0. The Morgan fingerprint density at radius 1 is 1.27 bits per heavy atom. The second-order valence-electron chi connectivity index (χ2n) is 3.04. The first kappa shape index (κ1) is 10.4. The van der Waals surface area contributed by atoms with Gasteiger partial charge in [-0.3, -0.25) is 0 Å². The van der Waals surface area contributed by atoms with Crippen LogP contribution in [0, 0.1) is 11.6 Å². The molecule has 0 fully saturated rings. The number of fused-ring (bicyclic) bond motifs is 1. The fraction of sp³-hybridized carbons (Fsp3) is 0.0909. The summed E-state index contributed by atoms with van der Waals surface area (Å²) in [5.41, 5.74) is 0. The van der Waals surface area contributed by atoms with E-state index in [4.69, 9.17) is 4.74 Å². The van der Waals surface area contributed by atoms with Crippen LogP contribution in [-0.4, -0.2) is 7.11 Å². The van der Waals surface area contributed by atoms with Crippen molar-refractivity contribution in [2.45, 2.75) is 0 Å². The molecular formula is C11H7BrF2O. The summed E-state index contributed by atoms with van der Waals surface area (Å²) in [6.45, 7) is 0. The lowest BCUT2D eigenvalue weighted by Gasteiger charge is -2.08. The van der Waals surface area contributed by atoms with Gasteiger partial charge in [0.25, 0.3) is 0 Å². The first-order valence-corrected chi connectivity index (χ1v) is 5.04. The second-order valence-corrected chi connectivity index (χ2v) is 3.90. The van der Waals surface area contributed by atoms with Gasteiger partial charge in [-0.25, -0.2) is 8.78 Å². The smallest absolute Gasteiger partial charge is 0.176 e. The van der Waals surface area contributed by atoms with Gasteiger partial charge in [-0.1, -0.05) is 12.1 Å². The van der Waals surface area contributed by atoms with E-state index in [1.54, 1.807) is 12.1 Å². The molecule has 0 heterocycles. The number of methoxy groups -OCH3 is 1. The Morgan fingerprint density at radius 2 is 2.00 bits per heavy atom. The molecule has 0 N–H and O–H groups in total. The highest BCUT2D eigenvalue weighted by molar-refractivity contribution is 9.10. The first-order chi connectivity index (χ1) is 7.15. The van der Waals surface area contributed by atoms with Crippen LogP contribution in [0.3, 0.4) is 0 Å². The van der Waals surface area contributed by atoms with E-state index in [1.165, 1.54) is 19.2 Å². The number of rotatable bonds is 1. The number of ether oxygens (including phenoxy) is 1. The summed E-state index contributed by atoms with van der Waals surface area (Å²) in [5, 5.41) is 0.456. The third-order valence-electron chi connectivity index (χ3n) is 2.17. The molecule has 0 saturated heterocycles. The number of benzene rings is 2. The zero-order valence-corrected chi connectivity index (χ0v) is 9.44. The van der Waals surface area contributed by atoms with E-state index in [2.05, 4.69) is 15.9 Å². The summed E-state index contributed by atoms with van der Waals surface area (Å²) in [4.78, 5) is 0. The molecule has 0 aromatic heterocycles. The average Bonchev–Trinajstić information content (AvgIpc) is 2.17. The molecule has 0 aliphatic heterocycles. The van der Waals surface area contributed by atoms with Gasteiger partial charge in [0.2, 0.25) is 0 Å². The fourth-order valence-electron chi connectivity index (χ4n) is 1.50. The summed E-state index contributed by atoms with van der Waals surface area (Å²) < 4.78 is 32.5. The van der Waals surface area contributed by atoms with Crippen LogP contribution < -0.4 is 4.74 Å². The molecule has 0 aliphatic rings. The maximum absolute atomic E-state index is 13.8. The maximum atomic E-state index is 13.8. The topological polar surface area (TPSA) is 9.23 Å². The van der Waals surface area contributed by atoms with Crippen LogP contribution in [-0.2, 0) is 0 Å². The Bertz CT molecular complexity index is 525. The number of hydrogen-bond donors (Lipinski definition) is 0. The quantitative estimate of drug-likeness (QED) is 0.765. The monoisotopic (exact) mass is 272 g/mol. The van der Waals surface area contributed by atoms with Gasteiger partial charge >= 0.3 is 0 Å². The van der Waals surface area contributed by atoms with Gasteiger partial charge in [-0.05, 0) is 33.4 Å². The summed E-state index contributed by atoms with van der Waals surface area (Å²) >= 11 is 3.17. The highest BCUT2D eigenvalue weighted by Gasteiger charge is 2.15. The van der Waals surface area contributed by atoms with Gasteiger partial charge in [0.1, 0.15) is 5.82 Å². The highest BCUT2D eigenvalue weighted by atomic mass is 79.9. The van der Waals surface area contributed by atoms with E-state index in [0.717, 1.165) is 0 Å². The molecule has 2 rings (SSSR count). The minimum Gasteiger partial charge on any atom is -0.492 e. The van der Waals surface area contributed by atoms with Gasteiger partial charge in [0, 0.05) is 0 Å². The Hall–Kier alpha value is -1.16. The van der Waals surface area contributed by atoms with Crippen molar-refractivity contribution in [3.05, 3.63) is 40.4 Å². The van der Waals surface area contributed by atoms with Gasteiger partial charge < -0.3 is 4.74 Å². The average molecular weight is 273 g/mol. The van der Waals surface area contributed by atoms with Crippen molar-refractivity contribution < 1.29 is 13.5 Å². The van der Waals surface area contributed by atoms with Crippen molar-refractivity contribution in [3.8, 4) is 5.75 Å². The molecule has 78 valence electrons. The van der Waals surface area contributed by atoms with E-state index >= 15 is 0 Å². The van der Waals surface area contributed by atoms with Gasteiger partial charge in [0.15, 0.2) is 11.6 Å². The third-order valence-corrected chi connectivity index (χ3v) is 2.76. The molecule has 0 unspecified atom stereocenters. The van der Waals surface area contributed by atoms with Crippen LogP contribution in [0.4, 0.5) is 8.78 Å².